The fourth-order valence-corrected chi connectivity index (χ4v) is 1.56. The number of benzene rings is 1. The smallest absolute Gasteiger partial charge is 0.246 e. The minimum atomic E-state index is -0.347. The number of hydrogen-bond acceptors (Lipinski definition) is 4. The summed E-state index contributed by atoms with van der Waals surface area (Å²) in [6.45, 7) is 0.537. The van der Waals surface area contributed by atoms with E-state index in [2.05, 4.69) is 15.6 Å². The zero-order chi connectivity index (χ0) is 13.7. The molecular weight excluding hydrogens is 249 g/mol. The molecule has 2 aromatic rings. The van der Waals surface area contributed by atoms with Crippen LogP contribution in [0, 0.1) is 5.82 Å². The predicted octanol–water partition coefficient (Wildman–Crippen LogP) is 0.557. The Morgan fingerprint density at radius 2 is 2.11 bits per heavy atom. The molecule has 0 bridgehead atoms. The summed E-state index contributed by atoms with van der Waals surface area (Å²) in [5.41, 5.74) is 6.68. The number of amides is 1. The maximum atomic E-state index is 12.7. The topological polar surface area (TPSA) is 85.8 Å². The number of nitrogens with zero attached hydrogens (tertiary/aromatic N) is 3. The Hall–Kier alpha value is -2.28. The van der Waals surface area contributed by atoms with Crippen LogP contribution in [-0.4, -0.2) is 27.4 Å². The molecule has 0 saturated carbocycles. The molecule has 1 aromatic heterocycles. The SMILES string of the molecule is NCCc1cn(CC(=O)Nc2ccc(F)cc2)nn1. The molecule has 0 fully saturated rings. The zero-order valence-electron chi connectivity index (χ0n) is 10.2. The van der Waals surface area contributed by atoms with E-state index in [1.165, 1.54) is 28.9 Å². The van der Waals surface area contributed by atoms with Crippen LogP contribution in [0.3, 0.4) is 0 Å². The summed E-state index contributed by atoms with van der Waals surface area (Å²) in [4.78, 5) is 11.7. The summed E-state index contributed by atoms with van der Waals surface area (Å²) in [6, 6.07) is 5.55. The van der Waals surface area contributed by atoms with Gasteiger partial charge in [-0.2, -0.15) is 0 Å². The van der Waals surface area contributed by atoms with Crippen LogP contribution >= 0.6 is 0 Å². The molecule has 0 atom stereocenters. The van der Waals surface area contributed by atoms with Crippen LogP contribution in [-0.2, 0) is 17.8 Å². The molecule has 0 saturated heterocycles. The lowest BCUT2D eigenvalue weighted by Crippen LogP contribution is -2.19. The molecule has 1 amide bonds. The lowest BCUT2D eigenvalue weighted by atomic mass is 10.3. The summed E-state index contributed by atoms with van der Waals surface area (Å²) >= 11 is 0. The average Bonchev–Trinajstić information content (AvgIpc) is 2.80. The molecule has 0 radical (unpaired) electrons. The molecule has 6 nitrogen and oxygen atoms in total. The fourth-order valence-electron chi connectivity index (χ4n) is 1.56. The van der Waals surface area contributed by atoms with Crippen molar-refractivity contribution < 1.29 is 9.18 Å². The second-order valence-electron chi connectivity index (χ2n) is 4.00. The van der Waals surface area contributed by atoms with Crippen LogP contribution in [0.15, 0.2) is 30.5 Å². The van der Waals surface area contributed by atoms with Crippen LogP contribution in [0.2, 0.25) is 0 Å². The van der Waals surface area contributed by atoms with Crippen molar-refractivity contribution in [1.82, 2.24) is 15.0 Å². The molecule has 1 aromatic carbocycles. The van der Waals surface area contributed by atoms with Crippen LogP contribution in [0.25, 0.3) is 0 Å². The number of halogens is 1. The van der Waals surface area contributed by atoms with Crippen molar-refractivity contribution >= 4 is 11.6 Å². The van der Waals surface area contributed by atoms with E-state index >= 15 is 0 Å². The molecule has 3 N–H and O–H groups in total. The van der Waals surface area contributed by atoms with E-state index < -0.39 is 0 Å². The van der Waals surface area contributed by atoms with Gasteiger partial charge in [-0.05, 0) is 30.8 Å². The van der Waals surface area contributed by atoms with Gasteiger partial charge in [0.15, 0.2) is 0 Å². The first-order chi connectivity index (χ1) is 9.17. The van der Waals surface area contributed by atoms with Crippen LogP contribution < -0.4 is 11.1 Å². The van der Waals surface area contributed by atoms with E-state index in [9.17, 15) is 9.18 Å². The van der Waals surface area contributed by atoms with Crippen molar-refractivity contribution in [3.8, 4) is 0 Å². The van der Waals surface area contributed by atoms with E-state index in [-0.39, 0.29) is 18.3 Å². The van der Waals surface area contributed by atoms with Gasteiger partial charge in [0.25, 0.3) is 0 Å². The maximum absolute atomic E-state index is 12.7. The van der Waals surface area contributed by atoms with Gasteiger partial charge >= 0.3 is 0 Å². The van der Waals surface area contributed by atoms with E-state index in [1.54, 1.807) is 6.20 Å². The summed E-state index contributed by atoms with van der Waals surface area (Å²) in [6.07, 6.45) is 2.30. The molecule has 2 rings (SSSR count). The third-order valence-electron chi connectivity index (χ3n) is 2.42. The second kappa shape index (κ2) is 6.05. The third kappa shape index (κ3) is 3.85. The van der Waals surface area contributed by atoms with Crippen molar-refractivity contribution in [2.45, 2.75) is 13.0 Å². The molecule has 7 heteroatoms. The van der Waals surface area contributed by atoms with Crippen molar-refractivity contribution in [2.75, 3.05) is 11.9 Å². The minimum Gasteiger partial charge on any atom is -0.330 e. The number of hydrogen-bond donors (Lipinski definition) is 2. The lowest BCUT2D eigenvalue weighted by Gasteiger charge is -2.04. The monoisotopic (exact) mass is 263 g/mol. The maximum Gasteiger partial charge on any atom is 0.246 e. The van der Waals surface area contributed by atoms with Crippen molar-refractivity contribution in [3.63, 3.8) is 0 Å². The molecule has 0 aliphatic carbocycles. The molecule has 0 unspecified atom stereocenters. The predicted molar refractivity (Wildman–Crippen MR) is 67.8 cm³/mol. The molecule has 100 valence electrons. The van der Waals surface area contributed by atoms with Crippen molar-refractivity contribution in [1.29, 1.82) is 0 Å². The first kappa shape index (κ1) is 13.2. The summed E-state index contributed by atoms with van der Waals surface area (Å²) in [5.74, 6) is -0.600. The van der Waals surface area contributed by atoms with Crippen LogP contribution in [0.5, 0.6) is 0 Å². The van der Waals surface area contributed by atoms with Crippen LogP contribution in [0.1, 0.15) is 5.69 Å². The molecule has 0 spiro atoms. The van der Waals surface area contributed by atoms with E-state index in [0.29, 0.717) is 18.7 Å². The Morgan fingerprint density at radius 3 is 2.79 bits per heavy atom. The van der Waals surface area contributed by atoms with E-state index in [4.69, 9.17) is 5.73 Å². The highest BCUT2D eigenvalue weighted by Gasteiger charge is 2.06. The van der Waals surface area contributed by atoms with Gasteiger partial charge < -0.3 is 11.1 Å². The van der Waals surface area contributed by atoms with E-state index in [0.717, 1.165) is 5.69 Å². The summed E-state index contributed by atoms with van der Waals surface area (Å²) < 4.78 is 14.1. The van der Waals surface area contributed by atoms with Crippen molar-refractivity contribution in [3.05, 3.63) is 42.0 Å². The van der Waals surface area contributed by atoms with Gasteiger partial charge in [0.1, 0.15) is 12.4 Å². The minimum absolute atomic E-state index is 0.0505. The van der Waals surface area contributed by atoms with Gasteiger partial charge in [0.05, 0.1) is 5.69 Å². The Bertz CT molecular complexity index is 552. The molecule has 19 heavy (non-hydrogen) atoms. The Kier molecular flexibility index (Phi) is 4.19. The molecular formula is C12H14FN5O. The van der Waals surface area contributed by atoms with Gasteiger partial charge in [-0.25, -0.2) is 9.07 Å². The Morgan fingerprint density at radius 1 is 1.37 bits per heavy atom. The number of rotatable bonds is 5. The standard InChI is InChI=1S/C12H14FN5O/c13-9-1-3-10(4-2-9)15-12(19)8-18-7-11(5-6-14)16-17-18/h1-4,7H,5-6,8,14H2,(H,15,19). The number of anilines is 1. The first-order valence-electron chi connectivity index (χ1n) is 5.82. The number of carbonyl (C=O) groups excluding carboxylic acids is 1. The zero-order valence-corrected chi connectivity index (χ0v) is 10.2. The summed E-state index contributed by atoms with van der Waals surface area (Å²) in [7, 11) is 0. The third-order valence-corrected chi connectivity index (χ3v) is 2.42. The van der Waals surface area contributed by atoms with Gasteiger partial charge in [0.2, 0.25) is 5.91 Å². The Balaban J connectivity index is 1.91. The van der Waals surface area contributed by atoms with Gasteiger partial charge in [-0.15, -0.1) is 5.10 Å². The Labute approximate surface area is 109 Å². The molecule has 1 heterocycles. The quantitative estimate of drug-likeness (QED) is 0.825. The highest BCUT2D eigenvalue weighted by atomic mass is 19.1. The van der Waals surface area contributed by atoms with Crippen LogP contribution in [0.4, 0.5) is 10.1 Å². The van der Waals surface area contributed by atoms with Gasteiger partial charge in [0, 0.05) is 18.3 Å². The van der Waals surface area contributed by atoms with Gasteiger partial charge in [-0.3, -0.25) is 4.79 Å². The van der Waals surface area contributed by atoms with Crippen molar-refractivity contribution in [2.24, 2.45) is 5.73 Å². The lowest BCUT2D eigenvalue weighted by molar-refractivity contribution is -0.116. The highest BCUT2D eigenvalue weighted by Crippen LogP contribution is 2.08. The second-order valence-corrected chi connectivity index (χ2v) is 4.00. The van der Waals surface area contributed by atoms with Gasteiger partial charge in [-0.1, -0.05) is 5.21 Å². The fraction of sp³-hybridized carbons (Fsp3) is 0.250. The summed E-state index contributed by atoms with van der Waals surface area (Å²) in [5, 5.41) is 10.3. The normalized spacial score (nSPS) is 10.4. The van der Waals surface area contributed by atoms with E-state index in [1.807, 2.05) is 0 Å². The number of nitrogens with one attached hydrogen (secondary N) is 1. The number of nitrogens with two attached hydrogens (primary N) is 1. The largest absolute Gasteiger partial charge is 0.330 e. The molecule has 0 aliphatic rings. The first-order valence-corrected chi connectivity index (χ1v) is 5.82. The molecule has 0 aliphatic heterocycles. The number of carbonyl (C=O) groups is 1. The highest BCUT2D eigenvalue weighted by molar-refractivity contribution is 5.90. The number of aromatic nitrogens is 3. The average molecular weight is 263 g/mol.